The second kappa shape index (κ2) is 10.5. The van der Waals surface area contributed by atoms with E-state index in [4.69, 9.17) is 17.3 Å². The van der Waals surface area contributed by atoms with E-state index in [1.54, 1.807) is 0 Å². The van der Waals surface area contributed by atoms with Crippen molar-refractivity contribution in [1.82, 2.24) is 15.5 Å². The minimum Gasteiger partial charge on any atom is -0.383 e. The molecule has 4 N–H and O–H groups in total. The van der Waals surface area contributed by atoms with Crippen LogP contribution < -0.4 is 16.4 Å². The SMILES string of the molecule is Cc1cc(Cl)c2c(c1)CCC1=CC(Br)=CNC1C2C1CCN(C(=O)CCCNC(N)=O)CC1. The Morgan fingerprint density at radius 2 is 2.03 bits per heavy atom. The van der Waals surface area contributed by atoms with Crippen molar-refractivity contribution in [2.24, 2.45) is 11.7 Å². The van der Waals surface area contributed by atoms with Gasteiger partial charge >= 0.3 is 6.03 Å². The van der Waals surface area contributed by atoms with E-state index >= 15 is 0 Å². The minimum atomic E-state index is -0.549. The number of carbonyl (C=O) groups is 2. The number of piperidine rings is 1. The fraction of sp³-hybridized carbons (Fsp3) is 0.520. The summed E-state index contributed by atoms with van der Waals surface area (Å²) >= 11 is 10.5. The third kappa shape index (κ3) is 5.57. The van der Waals surface area contributed by atoms with E-state index in [1.165, 1.54) is 22.3 Å². The van der Waals surface area contributed by atoms with Gasteiger partial charge in [-0.2, -0.15) is 0 Å². The number of dihydropyridines is 1. The molecule has 0 saturated carbocycles. The number of primary amides is 1. The number of likely N-dealkylation sites (tertiary alicyclic amines) is 1. The lowest BCUT2D eigenvalue weighted by Crippen LogP contribution is -2.44. The van der Waals surface area contributed by atoms with Crippen LogP contribution in [-0.2, 0) is 11.2 Å². The number of hydrogen-bond donors (Lipinski definition) is 3. The topological polar surface area (TPSA) is 87.5 Å². The Hall–Kier alpha value is -1.99. The molecule has 0 spiro atoms. The van der Waals surface area contributed by atoms with Crippen molar-refractivity contribution >= 4 is 39.5 Å². The Morgan fingerprint density at radius 1 is 1.27 bits per heavy atom. The van der Waals surface area contributed by atoms with Gasteiger partial charge in [-0.1, -0.05) is 17.7 Å². The van der Waals surface area contributed by atoms with Gasteiger partial charge in [0.05, 0.1) is 6.04 Å². The lowest BCUT2D eigenvalue weighted by Gasteiger charge is -2.41. The first-order valence-corrected chi connectivity index (χ1v) is 12.9. The van der Waals surface area contributed by atoms with E-state index in [2.05, 4.69) is 51.7 Å². The van der Waals surface area contributed by atoms with Crippen LogP contribution in [0.25, 0.3) is 0 Å². The predicted molar refractivity (Wildman–Crippen MR) is 135 cm³/mol. The number of hydrogen-bond acceptors (Lipinski definition) is 3. The summed E-state index contributed by atoms with van der Waals surface area (Å²) in [6.45, 7) is 4.05. The van der Waals surface area contributed by atoms with Crippen molar-refractivity contribution in [3.63, 3.8) is 0 Å². The Labute approximate surface area is 209 Å². The summed E-state index contributed by atoms with van der Waals surface area (Å²) in [5.41, 5.74) is 10.4. The number of fused-ring (bicyclic) bond motifs is 2. The zero-order valence-electron chi connectivity index (χ0n) is 19.0. The predicted octanol–water partition coefficient (Wildman–Crippen LogP) is 4.50. The Balaban J connectivity index is 1.50. The lowest BCUT2D eigenvalue weighted by atomic mass is 9.73. The number of rotatable bonds is 5. The molecule has 3 aliphatic rings. The van der Waals surface area contributed by atoms with Crippen molar-refractivity contribution in [2.75, 3.05) is 19.6 Å². The van der Waals surface area contributed by atoms with E-state index in [-0.39, 0.29) is 17.9 Å². The van der Waals surface area contributed by atoms with Crippen LogP contribution in [0.4, 0.5) is 4.79 Å². The minimum absolute atomic E-state index is 0.151. The quantitative estimate of drug-likeness (QED) is 0.485. The van der Waals surface area contributed by atoms with Gasteiger partial charge in [0.25, 0.3) is 0 Å². The van der Waals surface area contributed by atoms with Gasteiger partial charge in [0.15, 0.2) is 0 Å². The van der Waals surface area contributed by atoms with Gasteiger partial charge in [0.2, 0.25) is 5.91 Å². The number of nitrogens with one attached hydrogen (secondary N) is 2. The molecule has 1 aliphatic carbocycles. The summed E-state index contributed by atoms with van der Waals surface area (Å²) in [6, 6.07) is 4.07. The molecule has 2 atom stereocenters. The average molecular weight is 536 g/mol. The maximum atomic E-state index is 12.7. The van der Waals surface area contributed by atoms with Crippen molar-refractivity contribution in [3.05, 3.63) is 56.2 Å². The molecular weight excluding hydrogens is 504 g/mol. The van der Waals surface area contributed by atoms with E-state index in [0.29, 0.717) is 25.3 Å². The fourth-order valence-corrected chi connectivity index (χ4v) is 6.47. The number of allylic oxidation sites excluding steroid dienone is 2. The van der Waals surface area contributed by atoms with Crippen molar-refractivity contribution < 1.29 is 9.59 Å². The van der Waals surface area contributed by atoms with Crippen LogP contribution in [0.3, 0.4) is 0 Å². The number of carbonyl (C=O) groups excluding carboxylic acids is 2. The molecule has 2 heterocycles. The normalized spacial score (nSPS) is 22.8. The molecule has 4 rings (SSSR count). The molecular formula is C25H32BrClN4O2. The summed E-state index contributed by atoms with van der Waals surface area (Å²) in [5, 5.41) is 7.07. The molecule has 1 saturated heterocycles. The van der Waals surface area contributed by atoms with Gasteiger partial charge in [-0.05, 0) is 95.3 Å². The molecule has 1 aromatic carbocycles. The standard InChI is InChI=1S/C25H32BrClN4O2/c1-15-11-17-4-5-18-13-19(26)14-30-24(18)23(22(17)20(27)12-15)16-6-9-31(10-7-16)21(32)3-2-8-29-25(28)33/h11-14,16,23-24,30H,2-10H2,1H3,(H3,28,29,33). The highest BCUT2D eigenvalue weighted by molar-refractivity contribution is 9.11. The smallest absolute Gasteiger partial charge is 0.312 e. The van der Waals surface area contributed by atoms with Gasteiger partial charge < -0.3 is 21.3 Å². The summed E-state index contributed by atoms with van der Waals surface area (Å²) in [5.74, 6) is 0.863. The fourth-order valence-electron chi connectivity index (χ4n) is 5.62. The molecule has 0 aromatic heterocycles. The zero-order chi connectivity index (χ0) is 23.5. The summed E-state index contributed by atoms with van der Waals surface area (Å²) in [4.78, 5) is 25.4. The Morgan fingerprint density at radius 3 is 2.76 bits per heavy atom. The first-order valence-electron chi connectivity index (χ1n) is 11.8. The van der Waals surface area contributed by atoms with Crippen molar-refractivity contribution in [3.8, 4) is 0 Å². The Kier molecular flexibility index (Phi) is 7.69. The van der Waals surface area contributed by atoms with E-state index in [0.717, 1.165) is 48.3 Å². The van der Waals surface area contributed by atoms with Crippen LogP contribution in [0.2, 0.25) is 5.02 Å². The number of urea groups is 1. The number of aryl methyl sites for hydroxylation is 2. The van der Waals surface area contributed by atoms with Gasteiger partial charge in [-0.25, -0.2) is 4.79 Å². The third-order valence-electron chi connectivity index (χ3n) is 7.13. The van der Waals surface area contributed by atoms with Crippen LogP contribution in [0.5, 0.6) is 0 Å². The second-order valence-corrected chi connectivity index (χ2v) is 10.7. The van der Waals surface area contributed by atoms with E-state index in [9.17, 15) is 9.59 Å². The van der Waals surface area contributed by atoms with E-state index in [1.807, 2.05) is 11.1 Å². The molecule has 1 fully saturated rings. The lowest BCUT2D eigenvalue weighted by molar-refractivity contribution is -0.132. The first kappa shape index (κ1) is 24.1. The molecule has 0 bridgehead atoms. The van der Waals surface area contributed by atoms with Gasteiger partial charge in [-0.3, -0.25) is 4.79 Å². The van der Waals surface area contributed by atoms with Crippen molar-refractivity contribution in [2.45, 2.75) is 57.4 Å². The maximum absolute atomic E-state index is 12.7. The Bertz CT molecular complexity index is 985. The zero-order valence-corrected chi connectivity index (χ0v) is 21.3. The van der Waals surface area contributed by atoms with Crippen LogP contribution >= 0.6 is 27.5 Å². The van der Waals surface area contributed by atoms with E-state index < -0.39 is 6.03 Å². The summed E-state index contributed by atoms with van der Waals surface area (Å²) in [6.07, 6.45) is 9.26. The number of nitrogens with two attached hydrogens (primary N) is 1. The summed E-state index contributed by atoms with van der Waals surface area (Å²) < 4.78 is 1.08. The molecule has 1 aromatic rings. The molecule has 2 unspecified atom stereocenters. The highest BCUT2D eigenvalue weighted by Gasteiger charge is 2.40. The number of nitrogens with zero attached hydrogens (tertiary/aromatic N) is 1. The molecule has 0 radical (unpaired) electrons. The van der Waals surface area contributed by atoms with Gasteiger partial charge in [0.1, 0.15) is 0 Å². The molecule has 178 valence electrons. The average Bonchev–Trinajstić information content (AvgIpc) is 2.93. The summed E-state index contributed by atoms with van der Waals surface area (Å²) in [7, 11) is 0. The first-order chi connectivity index (χ1) is 15.8. The van der Waals surface area contributed by atoms with Crippen LogP contribution in [0.1, 0.15) is 54.7 Å². The molecule has 6 nitrogen and oxygen atoms in total. The molecule has 8 heteroatoms. The van der Waals surface area contributed by atoms with Gasteiger partial charge in [0, 0.05) is 47.7 Å². The second-order valence-electron chi connectivity index (χ2n) is 9.35. The molecule has 3 amide bonds. The monoisotopic (exact) mass is 534 g/mol. The number of benzene rings is 1. The van der Waals surface area contributed by atoms with Crippen molar-refractivity contribution in [1.29, 1.82) is 0 Å². The number of amides is 3. The van der Waals surface area contributed by atoms with Gasteiger partial charge in [-0.15, -0.1) is 0 Å². The maximum Gasteiger partial charge on any atom is 0.312 e. The molecule has 2 aliphatic heterocycles. The number of halogens is 2. The third-order valence-corrected chi connectivity index (χ3v) is 7.90. The van der Waals surface area contributed by atoms with Crippen LogP contribution in [0, 0.1) is 12.8 Å². The highest BCUT2D eigenvalue weighted by atomic mass is 79.9. The van der Waals surface area contributed by atoms with Crippen LogP contribution in [-0.4, -0.2) is 42.5 Å². The van der Waals surface area contributed by atoms with Crippen LogP contribution in [0.15, 0.2) is 34.5 Å². The molecule has 33 heavy (non-hydrogen) atoms. The highest BCUT2D eigenvalue weighted by Crippen LogP contribution is 2.46. The largest absolute Gasteiger partial charge is 0.383 e.